The summed E-state index contributed by atoms with van der Waals surface area (Å²) in [6.45, 7) is 2.95. The lowest BCUT2D eigenvalue weighted by molar-refractivity contribution is -0.137. The second kappa shape index (κ2) is 3.26. The van der Waals surface area contributed by atoms with Crippen LogP contribution in [0.5, 0.6) is 0 Å². The fraction of sp³-hybridized carbons (Fsp3) is 0.875. The zero-order chi connectivity index (χ0) is 8.55. The average Bonchev–Trinajstić information content (AvgIpc) is 2.00. The monoisotopic (exact) mass is 187 g/mol. The molecule has 0 spiro atoms. The van der Waals surface area contributed by atoms with Crippen molar-refractivity contribution in [2.75, 3.05) is 19.6 Å². The van der Waals surface area contributed by atoms with E-state index in [9.17, 15) is 4.79 Å². The number of piperidine rings is 1. The molecule has 3 fully saturated rings. The zero-order valence-electron chi connectivity index (χ0n) is 6.90. The maximum atomic E-state index is 10.3. The minimum Gasteiger partial charge on any atom is -0.481 e. The summed E-state index contributed by atoms with van der Waals surface area (Å²) in [4.78, 5) is 12.6. The first-order chi connectivity index (χ1) is 5.74. The van der Waals surface area contributed by atoms with Crippen molar-refractivity contribution in [1.29, 1.82) is 0 Å². The number of carbonyl (C=O) groups is 1. The molecule has 0 aliphatic carbocycles. The Morgan fingerprint density at radius 3 is 2.58 bits per heavy atom. The Morgan fingerprint density at radius 1 is 1.50 bits per heavy atom. The van der Waals surface area contributed by atoms with Gasteiger partial charge in [-0.2, -0.15) is 11.8 Å². The molecule has 3 aliphatic heterocycles. The van der Waals surface area contributed by atoms with Crippen LogP contribution in [0.15, 0.2) is 0 Å². The van der Waals surface area contributed by atoms with Crippen LogP contribution in [0.25, 0.3) is 0 Å². The van der Waals surface area contributed by atoms with Gasteiger partial charge in [0.2, 0.25) is 0 Å². The van der Waals surface area contributed by atoms with Crippen LogP contribution in [0.1, 0.15) is 12.8 Å². The number of nitrogens with zero attached hydrogens (tertiary/aromatic N) is 1. The highest BCUT2D eigenvalue weighted by Gasteiger charge is 2.37. The maximum absolute atomic E-state index is 10.3. The van der Waals surface area contributed by atoms with Crippen LogP contribution in [0.3, 0.4) is 0 Å². The number of hydrogen-bond donors (Lipinski definition) is 1. The van der Waals surface area contributed by atoms with E-state index < -0.39 is 5.97 Å². The first-order valence-electron chi connectivity index (χ1n) is 4.33. The van der Waals surface area contributed by atoms with Crippen molar-refractivity contribution in [2.24, 2.45) is 0 Å². The molecule has 2 bridgehead atoms. The molecule has 2 unspecified atom stereocenters. The highest BCUT2D eigenvalue weighted by atomic mass is 32.2. The van der Waals surface area contributed by atoms with E-state index in [2.05, 4.69) is 16.7 Å². The van der Waals surface area contributed by atoms with Crippen molar-refractivity contribution in [3.8, 4) is 0 Å². The molecule has 3 nitrogen and oxygen atoms in total. The van der Waals surface area contributed by atoms with Crippen LogP contribution >= 0.6 is 11.8 Å². The van der Waals surface area contributed by atoms with Crippen LogP contribution < -0.4 is 0 Å². The molecule has 1 N–H and O–H groups in total. The maximum Gasteiger partial charge on any atom is 0.304 e. The lowest BCUT2D eigenvalue weighted by Gasteiger charge is -2.46. The predicted molar refractivity (Wildman–Crippen MR) is 48.5 cm³/mol. The third-order valence-electron chi connectivity index (χ3n) is 2.48. The number of fused-ring (bicyclic) bond motifs is 2. The van der Waals surface area contributed by atoms with Gasteiger partial charge in [-0.05, 0) is 6.42 Å². The summed E-state index contributed by atoms with van der Waals surface area (Å²) in [5.41, 5.74) is 0. The van der Waals surface area contributed by atoms with Crippen molar-refractivity contribution in [3.63, 3.8) is 0 Å². The van der Waals surface area contributed by atoms with Gasteiger partial charge in [0.25, 0.3) is 0 Å². The fourth-order valence-corrected chi connectivity index (χ4v) is 3.34. The minimum absolute atomic E-state index is 0.296. The number of carboxylic acid groups (broad SMARTS) is 1. The van der Waals surface area contributed by atoms with Gasteiger partial charge in [0.05, 0.1) is 6.42 Å². The second-order valence-corrected chi connectivity index (χ2v) is 5.12. The van der Waals surface area contributed by atoms with E-state index in [1.54, 1.807) is 0 Å². The summed E-state index contributed by atoms with van der Waals surface area (Å²) in [5, 5.41) is 10.1. The van der Waals surface area contributed by atoms with E-state index in [-0.39, 0.29) is 0 Å². The van der Waals surface area contributed by atoms with Crippen LogP contribution in [0.4, 0.5) is 0 Å². The summed E-state index contributed by atoms with van der Waals surface area (Å²) in [6, 6.07) is 0. The van der Waals surface area contributed by atoms with Crippen molar-refractivity contribution < 1.29 is 9.90 Å². The molecule has 68 valence electrons. The summed E-state index contributed by atoms with van der Waals surface area (Å²) >= 11 is 2.06. The summed E-state index contributed by atoms with van der Waals surface area (Å²) in [6.07, 6.45) is 1.65. The Labute approximate surface area is 76.1 Å². The average molecular weight is 187 g/mol. The third kappa shape index (κ3) is 1.75. The summed E-state index contributed by atoms with van der Waals surface area (Å²) in [7, 11) is 0. The molecule has 3 saturated heterocycles. The topological polar surface area (TPSA) is 40.5 Å². The van der Waals surface area contributed by atoms with Gasteiger partial charge >= 0.3 is 5.97 Å². The molecule has 4 heteroatoms. The molecule has 0 radical (unpaired) electrons. The summed E-state index contributed by atoms with van der Waals surface area (Å²) < 4.78 is 0. The number of rotatable bonds is 3. The highest BCUT2D eigenvalue weighted by molar-refractivity contribution is 8.02. The molecule has 3 heterocycles. The predicted octanol–water partition coefficient (Wildman–Crippen LogP) is 0.651. The largest absolute Gasteiger partial charge is 0.481 e. The Kier molecular flexibility index (Phi) is 2.28. The van der Waals surface area contributed by atoms with Crippen LogP contribution in [0.2, 0.25) is 0 Å². The molecule has 0 aromatic rings. The number of carboxylic acids is 1. The van der Waals surface area contributed by atoms with E-state index in [4.69, 9.17) is 5.11 Å². The van der Waals surface area contributed by atoms with Crippen molar-refractivity contribution in [3.05, 3.63) is 0 Å². The van der Waals surface area contributed by atoms with E-state index in [0.29, 0.717) is 6.42 Å². The number of thioether (sulfide) groups is 1. The fourth-order valence-electron chi connectivity index (χ4n) is 1.88. The van der Waals surface area contributed by atoms with Crippen LogP contribution in [-0.2, 0) is 4.79 Å². The van der Waals surface area contributed by atoms with E-state index in [1.807, 2.05) is 0 Å². The third-order valence-corrected chi connectivity index (χ3v) is 3.93. The second-order valence-electron chi connectivity index (χ2n) is 3.52. The minimum atomic E-state index is -0.679. The molecule has 0 aromatic carbocycles. The highest BCUT2D eigenvalue weighted by Crippen LogP contribution is 2.41. The molecule has 2 atom stereocenters. The van der Waals surface area contributed by atoms with E-state index >= 15 is 0 Å². The van der Waals surface area contributed by atoms with Gasteiger partial charge in [0.1, 0.15) is 0 Å². The smallest absolute Gasteiger partial charge is 0.304 e. The van der Waals surface area contributed by atoms with Gasteiger partial charge in [-0.3, -0.25) is 4.79 Å². The van der Waals surface area contributed by atoms with E-state index in [1.165, 1.54) is 6.42 Å². The molecule has 0 amide bonds. The number of aliphatic carboxylic acids is 1. The van der Waals surface area contributed by atoms with Crippen LogP contribution in [0, 0.1) is 0 Å². The normalized spacial score (nSPS) is 34.3. The van der Waals surface area contributed by atoms with Gasteiger partial charge < -0.3 is 10.0 Å². The van der Waals surface area contributed by atoms with Gasteiger partial charge in [0, 0.05) is 30.1 Å². The summed E-state index contributed by atoms with van der Waals surface area (Å²) in [5.74, 6) is -0.679. The molecule has 3 rings (SSSR count). The Balaban J connectivity index is 1.72. The lowest BCUT2D eigenvalue weighted by Crippen LogP contribution is -2.51. The Hall–Kier alpha value is -0.220. The lowest BCUT2D eigenvalue weighted by atomic mass is 10.1. The Bertz CT molecular complexity index is 181. The molecular weight excluding hydrogens is 174 g/mol. The van der Waals surface area contributed by atoms with Gasteiger partial charge in [-0.1, -0.05) is 0 Å². The van der Waals surface area contributed by atoms with Gasteiger partial charge in [-0.15, -0.1) is 0 Å². The Morgan fingerprint density at radius 2 is 2.08 bits per heavy atom. The first kappa shape index (κ1) is 8.38. The number of hydrogen-bond acceptors (Lipinski definition) is 3. The molecule has 3 aliphatic rings. The molecule has 12 heavy (non-hydrogen) atoms. The van der Waals surface area contributed by atoms with Gasteiger partial charge in [0.15, 0.2) is 0 Å². The molecule has 0 aromatic heterocycles. The zero-order valence-corrected chi connectivity index (χ0v) is 7.72. The quantitative estimate of drug-likeness (QED) is 0.704. The standard InChI is InChI=1S/C8H13NO2S/c10-8(11)1-2-9-4-6-3-7(5-9)12-6/h6-7H,1-5H2,(H,10,11). The SMILES string of the molecule is O=C(O)CCN1CC2CC(C1)S2. The van der Waals surface area contributed by atoms with Crippen LogP contribution in [-0.4, -0.2) is 46.1 Å². The molecule has 0 saturated carbocycles. The molecular formula is C8H13NO2S. The van der Waals surface area contributed by atoms with E-state index in [0.717, 1.165) is 30.1 Å². The van der Waals surface area contributed by atoms with Crippen molar-refractivity contribution in [2.45, 2.75) is 23.3 Å². The van der Waals surface area contributed by atoms with Gasteiger partial charge in [-0.25, -0.2) is 0 Å². The van der Waals surface area contributed by atoms with Crippen molar-refractivity contribution in [1.82, 2.24) is 4.90 Å². The first-order valence-corrected chi connectivity index (χ1v) is 5.28. The van der Waals surface area contributed by atoms with Crippen molar-refractivity contribution >= 4 is 17.7 Å².